The average Bonchev–Trinajstić information content (AvgIpc) is 3.45. The van der Waals surface area contributed by atoms with Gasteiger partial charge in [0, 0.05) is 25.0 Å². The minimum atomic E-state index is -0.0677. The number of hydrogen-bond donors (Lipinski definition) is 0. The van der Waals surface area contributed by atoms with Gasteiger partial charge < -0.3 is 9.47 Å². The Balaban J connectivity index is 1.45. The molecule has 1 amide bonds. The van der Waals surface area contributed by atoms with Crippen LogP contribution in [0.3, 0.4) is 0 Å². The Morgan fingerprint density at radius 3 is 2.39 bits per heavy atom. The van der Waals surface area contributed by atoms with Gasteiger partial charge in [-0.3, -0.25) is 4.79 Å². The summed E-state index contributed by atoms with van der Waals surface area (Å²) in [6.45, 7) is 3.87. The van der Waals surface area contributed by atoms with Crippen molar-refractivity contribution in [1.29, 1.82) is 0 Å². The SMILES string of the molecule is CC(Sc1nnc(C2CC2)n1C1CC1)C(=O)N1CCCCCC1. The van der Waals surface area contributed by atoms with Gasteiger partial charge in [0.25, 0.3) is 0 Å². The molecule has 0 N–H and O–H groups in total. The molecule has 2 aliphatic carbocycles. The Hall–Kier alpha value is -1.04. The van der Waals surface area contributed by atoms with Crippen LogP contribution in [0.1, 0.15) is 76.1 Å². The zero-order valence-electron chi connectivity index (χ0n) is 13.9. The maximum atomic E-state index is 12.8. The van der Waals surface area contributed by atoms with E-state index in [2.05, 4.69) is 19.7 Å². The van der Waals surface area contributed by atoms with E-state index in [-0.39, 0.29) is 11.2 Å². The highest BCUT2D eigenvalue weighted by atomic mass is 32.2. The molecule has 23 heavy (non-hydrogen) atoms. The number of thioether (sulfide) groups is 1. The highest BCUT2D eigenvalue weighted by molar-refractivity contribution is 8.00. The lowest BCUT2D eigenvalue weighted by atomic mass is 10.2. The van der Waals surface area contributed by atoms with Crippen molar-refractivity contribution in [1.82, 2.24) is 19.7 Å². The molecule has 3 fully saturated rings. The number of carbonyl (C=O) groups is 1. The minimum absolute atomic E-state index is 0.0677. The lowest BCUT2D eigenvalue weighted by Crippen LogP contribution is -2.37. The lowest BCUT2D eigenvalue weighted by molar-refractivity contribution is -0.130. The zero-order valence-corrected chi connectivity index (χ0v) is 14.7. The molecule has 1 aromatic rings. The molecule has 1 atom stereocenters. The molecule has 1 unspecified atom stereocenters. The second kappa shape index (κ2) is 6.46. The molecule has 3 aliphatic rings. The van der Waals surface area contributed by atoms with E-state index in [1.165, 1.54) is 44.3 Å². The normalized spacial score (nSPS) is 23.6. The highest BCUT2D eigenvalue weighted by Crippen LogP contribution is 2.46. The molecule has 0 bridgehead atoms. The van der Waals surface area contributed by atoms with Crippen molar-refractivity contribution in [3.63, 3.8) is 0 Å². The Morgan fingerprint density at radius 1 is 1.09 bits per heavy atom. The minimum Gasteiger partial charge on any atom is -0.342 e. The van der Waals surface area contributed by atoms with Gasteiger partial charge in [-0.05, 0) is 45.4 Å². The van der Waals surface area contributed by atoms with Gasteiger partial charge in [-0.25, -0.2) is 0 Å². The summed E-state index contributed by atoms with van der Waals surface area (Å²) in [4.78, 5) is 14.8. The monoisotopic (exact) mass is 334 g/mol. The zero-order chi connectivity index (χ0) is 15.8. The van der Waals surface area contributed by atoms with Crippen LogP contribution in [-0.4, -0.2) is 43.9 Å². The Labute approximate surface area is 142 Å². The predicted molar refractivity (Wildman–Crippen MR) is 90.6 cm³/mol. The van der Waals surface area contributed by atoms with Gasteiger partial charge in [-0.15, -0.1) is 10.2 Å². The van der Waals surface area contributed by atoms with Crippen molar-refractivity contribution in [3.8, 4) is 0 Å². The fourth-order valence-corrected chi connectivity index (χ4v) is 4.43. The summed E-state index contributed by atoms with van der Waals surface area (Å²) in [5, 5.41) is 9.77. The fourth-order valence-electron chi connectivity index (χ4n) is 3.42. The molecule has 1 aromatic heterocycles. The predicted octanol–water partition coefficient (Wildman–Crippen LogP) is 3.37. The first-order valence-electron chi connectivity index (χ1n) is 9.14. The smallest absolute Gasteiger partial charge is 0.235 e. The van der Waals surface area contributed by atoms with Gasteiger partial charge in [-0.2, -0.15) is 0 Å². The van der Waals surface area contributed by atoms with Crippen LogP contribution < -0.4 is 0 Å². The lowest BCUT2D eigenvalue weighted by Gasteiger charge is -2.23. The van der Waals surface area contributed by atoms with Crippen LogP contribution in [0.2, 0.25) is 0 Å². The van der Waals surface area contributed by atoms with Crippen LogP contribution in [0.25, 0.3) is 0 Å². The number of likely N-dealkylation sites (tertiary alicyclic amines) is 1. The molecule has 4 rings (SSSR count). The standard InChI is InChI=1S/C17H26N4OS/c1-12(16(22)20-10-4-2-3-5-11-20)23-17-19-18-15(13-6-7-13)21(17)14-8-9-14/h12-14H,2-11H2,1H3. The quantitative estimate of drug-likeness (QED) is 0.775. The largest absolute Gasteiger partial charge is 0.342 e. The van der Waals surface area contributed by atoms with Gasteiger partial charge in [0.2, 0.25) is 5.91 Å². The number of amides is 1. The second-order valence-corrected chi connectivity index (χ2v) is 8.52. The van der Waals surface area contributed by atoms with E-state index >= 15 is 0 Å². The molecule has 0 radical (unpaired) electrons. The Bertz CT molecular complexity index is 571. The maximum Gasteiger partial charge on any atom is 0.235 e. The fraction of sp³-hybridized carbons (Fsp3) is 0.824. The van der Waals surface area contributed by atoms with Crippen molar-refractivity contribution in [2.24, 2.45) is 0 Å². The Morgan fingerprint density at radius 2 is 1.78 bits per heavy atom. The van der Waals surface area contributed by atoms with Gasteiger partial charge in [0.1, 0.15) is 5.82 Å². The molecule has 0 spiro atoms. The van der Waals surface area contributed by atoms with Crippen LogP contribution in [0, 0.1) is 0 Å². The van der Waals surface area contributed by atoms with E-state index in [9.17, 15) is 4.79 Å². The molecule has 6 heteroatoms. The average molecular weight is 334 g/mol. The first-order valence-corrected chi connectivity index (χ1v) is 10.0. The molecular weight excluding hydrogens is 308 g/mol. The summed E-state index contributed by atoms with van der Waals surface area (Å²) in [6.07, 6.45) is 9.77. The number of carbonyl (C=O) groups excluding carboxylic acids is 1. The third kappa shape index (κ3) is 3.42. The van der Waals surface area contributed by atoms with Crippen LogP contribution in [0.5, 0.6) is 0 Å². The number of rotatable bonds is 5. The Kier molecular flexibility index (Phi) is 4.35. The van der Waals surface area contributed by atoms with E-state index in [4.69, 9.17) is 0 Å². The summed E-state index contributed by atoms with van der Waals surface area (Å²) in [6, 6.07) is 0.587. The van der Waals surface area contributed by atoms with Gasteiger partial charge >= 0.3 is 0 Å². The molecule has 1 aliphatic heterocycles. The van der Waals surface area contributed by atoms with Crippen molar-refractivity contribution in [2.75, 3.05) is 13.1 Å². The van der Waals surface area contributed by atoms with Crippen molar-refractivity contribution in [3.05, 3.63) is 5.82 Å². The third-order valence-corrected chi connectivity index (χ3v) is 6.14. The molecule has 2 saturated carbocycles. The first kappa shape index (κ1) is 15.5. The van der Waals surface area contributed by atoms with Crippen LogP contribution in [-0.2, 0) is 4.79 Å². The van der Waals surface area contributed by atoms with Gasteiger partial charge in [0.05, 0.1) is 5.25 Å². The van der Waals surface area contributed by atoms with E-state index in [0.717, 1.165) is 31.1 Å². The molecule has 1 saturated heterocycles. The highest BCUT2D eigenvalue weighted by Gasteiger charge is 2.37. The van der Waals surface area contributed by atoms with Gasteiger partial charge in [0.15, 0.2) is 5.16 Å². The molecule has 2 heterocycles. The number of nitrogens with zero attached hydrogens (tertiary/aromatic N) is 4. The number of aromatic nitrogens is 3. The van der Waals surface area contributed by atoms with E-state index in [1.807, 2.05) is 6.92 Å². The van der Waals surface area contributed by atoms with Crippen molar-refractivity contribution < 1.29 is 4.79 Å². The second-order valence-electron chi connectivity index (χ2n) is 7.22. The first-order chi connectivity index (χ1) is 11.2. The molecule has 5 nitrogen and oxygen atoms in total. The van der Waals surface area contributed by atoms with E-state index in [1.54, 1.807) is 11.8 Å². The summed E-state index contributed by atoms with van der Waals surface area (Å²) in [5.41, 5.74) is 0. The van der Waals surface area contributed by atoms with Crippen LogP contribution in [0.4, 0.5) is 0 Å². The molecular formula is C17H26N4OS. The number of hydrogen-bond acceptors (Lipinski definition) is 4. The summed E-state index contributed by atoms with van der Waals surface area (Å²) < 4.78 is 2.34. The summed E-state index contributed by atoms with van der Waals surface area (Å²) >= 11 is 1.61. The van der Waals surface area contributed by atoms with E-state index in [0.29, 0.717) is 12.0 Å². The summed E-state index contributed by atoms with van der Waals surface area (Å²) in [7, 11) is 0. The summed E-state index contributed by atoms with van der Waals surface area (Å²) in [5.74, 6) is 2.06. The third-order valence-electron chi connectivity index (χ3n) is 5.09. The molecule has 0 aromatic carbocycles. The molecule has 126 valence electrons. The van der Waals surface area contributed by atoms with Gasteiger partial charge in [-0.1, -0.05) is 24.6 Å². The van der Waals surface area contributed by atoms with Crippen molar-refractivity contribution in [2.45, 2.75) is 80.7 Å². The van der Waals surface area contributed by atoms with Crippen molar-refractivity contribution >= 4 is 17.7 Å². The van der Waals surface area contributed by atoms with Crippen LogP contribution >= 0.6 is 11.8 Å². The van der Waals surface area contributed by atoms with E-state index < -0.39 is 0 Å². The van der Waals surface area contributed by atoms with Crippen LogP contribution in [0.15, 0.2) is 5.16 Å². The topological polar surface area (TPSA) is 51.0 Å². The maximum absolute atomic E-state index is 12.8.